The van der Waals surface area contributed by atoms with Crippen LogP contribution in [0.5, 0.6) is 5.75 Å². The van der Waals surface area contributed by atoms with Crippen LogP contribution in [0.25, 0.3) is 0 Å². The van der Waals surface area contributed by atoms with Crippen molar-refractivity contribution in [2.24, 2.45) is 0 Å². The topological polar surface area (TPSA) is 70.7 Å². The minimum absolute atomic E-state index is 0.0591. The molecule has 1 aliphatic rings. The molecule has 0 spiro atoms. The van der Waals surface area contributed by atoms with Crippen LogP contribution in [-0.2, 0) is 9.59 Å². The van der Waals surface area contributed by atoms with E-state index in [2.05, 4.69) is 15.5 Å². The van der Waals surface area contributed by atoms with Crippen molar-refractivity contribution >= 4 is 34.8 Å². The van der Waals surface area contributed by atoms with Gasteiger partial charge in [-0.3, -0.25) is 14.5 Å². The molecule has 0 radical (unpaired) electrons. The van der Waals surface area contributed by atoms with E-state index in [1.807, 2.05) is 32.0 Å². The molecule has 0 heterocycles. The number of rotatable bonds is 9. The zero-order valence-electron chi connectivity index (χ0n) is 17.6. The maximum Gasteiger partial charge on any atom is 0.238 e. The number of nitrogens with one attached hydrogen (secondary N) is 2. The van der Waals surface area contributed by atoms with E-state index >= 15 is 0 Å². The number of benzene rings is 2. The van der Waals surface area contributed by atoms with Crippen molar-refractivity contribution in [2.45, 2.75) is 39.2 Å². The van der Waals surface area contributed by atoms with Gasteiger partial charge in [0.2, 0.25) is 11.8 Å². The van der Waals surface area contributed by atoms with Gasteiger partial charge >= 0.3 is 0 Å². The minimum atomic E-state index is -0.142. The summed E-state index contributed by atoms with van der Waals surface area (Å²) in [5.41, 5.74) is 3.48. The van der Waals surface area contributed by atoms with Gasteiger partial charge in [-0.15, -0.1) is 0 Å². The van der Waals surface area contributed by atoms with Crippen molar-refractivity contribution in [3.05, 3.63) is 52.5 Å². The van der Waals surface area contributed by atoms with Crippen molar-refractivity contribution in [1.29, 1.82) is 0 Å². The second-order valence-electron chi connectivity index (χ2n) is 7.66. The van der Waals surface area contributed by atoms with Gasteiger partial charge in [0.15, 0.2) is 0 Å². The van der Waals surface area contributed by atoms with Gasteiger partial charge in [-0.25, -0.2) is 0 Å². The lowest BCUT2D eigenvalue weighted by molar-refractivity contribution is -0.119. The molecule has 0 aromatic heterocycles. The third kappa shape index (κ3) is 5.97. The van der Waals surface area contributed by atoms with Crippen LogP contribution < -0.4 is 15.4 Å². The highest BCUT2D eigenvalue weighted by molar-refractivity contribution is 6.31. The standard InChI is InChI=1S/C23H28ClN3O3/c1-15-5-4-6-16(2)23(15)26-22(29)14-27(18-8-9-18)12-11-21(28)25-19-13-17(24)7-10-20(19)30-3/h4-7,10,13,18H,8-9,11-12,14H2,1-3H3,(H,25,28)(H,26,29). The van der Waals surface area contributed by atoms with Crippen LogP contribution in [0.2, 0.25) is 5.02 Å². The Balaban J connectivity index is 1.55. The molecule has 0 saturated heterocycles. The molecule has 7 heteroatoms. The molecule has 0 bridgehead atoms. The van der Waals surface area contributed by atoms with E-state index in [0.717, 1.165) is 29.7 Å². The lowest BCUT2D eigenvalue weighted by atomic mass is 10.1. The van der Waals surface area contributed by atoms with E-state index < -0.39 is 0 Å². The Kier molecular flexibility index (Phi) is 7.34. The summed E-state index contributed by atoms with van der Waals surface area (Å²) >= 11 is 6.02. The van der Waals surface area contributed by atoms with Crippen molar-refractivity contribution in [2.75, 3.05) is 30.8 Å². The number of ether oxygens (including phenoxy) is 1. The summed E-state index contributed by atoms with van der Waals surface area (Å²) in [5.74, 6) is 0.354. The molecule has 1 aliphatic carbocycles. The van der Waals surface area contributed by atoms with E-state index in [4.69, 9.17) is 16.3 Å². The molecule has 2 N–H and O–H groups in total. The van der Waals surface area contributed by atoms with Gasteiger partial charge < -0.3 is 15.4 Å². The van der Waals surface area contributed by atoms with Gasteiger partial charge in [-0.2, -0.15) is 0 Å². The highest BCUT2D eigenvalue weighted by Gasteiger charge is 2.30. The van der Waals surface area contributed by atoms with Crippen molar-refractivity contribution < 1.29 is 14.3 Å². The lowest BCUT2D eigenvalue weighted by Gasteiger charge is -2.22. The van der Waals surface area contributed by atoms with Gasteiger partial charge in [-0.05, 0) is 56.0 Å². The number of carbonyl (C=O) groups excluding carboxylic acids is 2. The molecular formula is C23H28ClN3O3. The first-order valence-electron chi connectivity index (χ1n) is 10.1. The Bertz CT molecular complexity index is 908. The van der Waals surface area contributed by atoms with E-state index in [9.17, 15) is 9.59 Å². The molecular weight excluding hydrogens is 402 g/mol. The lowest BCUT2D eigenvalue weighted by Crippen LogP contribution is -2.37. The Morgan fingerprint density at radius 1 is 1.10 bits per heavy atom. The molecule has 30 heavy (non-hydrogen) atoms. The molecule has 2 aromatic carbocycles. The molecule has 2 aromatic rings. The summed E-state index contributed by atoms with van der Waals surface area (Å²) < 4.78 is 5.27. The number of aryl methyl sites for hydroxylation is 2. The van der Waals surface area contributed by atoms with Gasteiger partial charge in [0.05, 0.1) is 19.3 Å². The van der Waals surface area contributed by atoms with Crippen LogP contribution in [-0.4, -0.2) is 43.0 Å². The van der Waals surface area contributed by atoms with Gasteiger partial charge in [0.25, 0.3) is 0 Å². The summed E-state index contributed by atoms with van der Waals surface area (Å²) in [6.45, 7) is 4.75. The predicted molar refractivity (Wildman–Crippen MR) is 120 cm³/mol. The normalized spacial score (nSPS) is 13.2. The second-order valence-corrected chi connectivity index (χ2v) is 8.10. The van der Waals surface area contributed by atoms with E-state index in [1.165, 1.54) is 0 Å². The fourth-order valence-corrected chi connectivity index (χ4v) is 3.61. The number of nitrogens with zero attached hydrogens (tertiary/aromatic N) is 1. The number of para-hydroxylation sites is 1. The number of hydrogen-bond acceptors (Lipinski definition) is 4. The Morgan fingerprint density at radius 3 is 2.43 bits per heavy atom. The molecule has 0 unspecified atom stereocenters. The van der Waals surface area contributed by atoms with Crippen molar-refractivity contribution in [1.82, 2.24) is 4.90 Å². The highest BCUT2D eigenvalue weighted by Crippen LogP contribution is 2.29. The van der Waals surface area contributed by atoms with E-state index in [0.29, 0.717) is 29.0 Å². The van der Waals surface area contributed by atoms with Gasteiger partial charge in [0.1, 0.15) is 5.75 Å². The molecule has 6 nitrogen and oxygen atoms in total. The summed E-state index contributed by atoms with van der Waals surface area (Å²) in [5, 5.41) is 6.40. The molecule has 1 saturated carbocycles. The van der Waals surface area contributed by atoms with Crippen LogP contribution in [0, 0.1) is 13.8 Å². The van der Waals surface area contributed by atoms with Crippen LogP contribution in [0.15, 0.2) is 36.4 Å². The maximum atomic E-state index is 12.6. The molecule has 1 fully saturated rings. The largest absolute Gasteiger partial charge is 0.495 e. The molecule has 0 atom stereocenters. The fraction of sp³-hybridized carbons (Fsp3) is 0.391. The van der Waals surface area contributed by atoms with E-state index in [-0.39, 0.29) is 24.8 Å². The summed E-state index contributed by atoms with van der Waals surface area (Å²) in [6, 6.07) is 11.4. The predicted octanol–water partition coefficient (Wildman–Crippen LogP) is 4.40. The SMILES string of the molecule is COc1ccc(Cl)cc1NC(=O)CCN(CC(=O)Nc1c(C)cccc1C)C1CC1. The highest BCUT2D eigenvalue weighted by atomic mass is 35.5. The number of anilines is 2. The molecule has 3 rings (SSSR count). The van der Waals surface area contributed by atoms with Crippen LogP contribution in [0.3, 0.4) is 0 Å². The number of methoxy groups -OCH3 is 1. The first-order chi connectivity index (χ1) is 14.4. The average Bonchev–Trinajstić information content (AvgIpc) is 3.53. The Labute approximate surface area is 182 Å². The van der Waals surface area contributed by atoms with Crippen molar-refractivity contribution in [3.8, 4) is 5.75 Å². The van der Waals surface area contributed by atoms with E-state index in [1.54, 1.807) is 25.3 Å². The maximum absolute atomic E-state index is 12.6. The summed E-state index contributed by atoms with van der Waals surface area (Å²) in [7, 11) is 1.54. The van der Waals surface area contributed by atoms with Gasteiger partial charge in [0, 0.05) is 29.7 Å². The summed E-state index contributed by atoms with van der Waals surface area (Å²) in [4.78, 5) is 27.2. The fourth-order valence-electron chi connectivity index (χ4n) is 3.44. The number of halogens is 1. The quantitative estimate of drug-likeness (QED) is 0.619. The molecule has 160 valence electrons. The minimum Gasteiger partial charge on any atom is -0.495 e. The second kappa shape index (κ2) is 9.96. The zero-order valence-corrected chi connectivity index (χ0v) is 18.4. The number of amides is 2. The van der Waals surface area contributed by atoms with Crippen LogP contribution in [0.4, 0.5) is 11.4 Å². The number of carbonyl (C=O) groups is 2. The van der Waals surface area contributed by atoms with Crippen molar-refractivity contribution in [3.63, 3.8) is 0 Å². The first kappa shape index (κ1) is 22.1. The average molecular weight is 430 g/mol. The van der Waals surface area contributed by atoms with Crippen LogP contribution >= 0.6 is 11.6 Å². The molecule has 0 aliphatic heterocycles. The third-order valence-electron chi connectivity index (χ3n) is 5.22. The Hall–Kier alpha value is -2.57. The first-order valence-corrected chi connectivity index (χ1v) is 10.5. The molecule has 2 amide bonds. The zero-order chi connectivity index (χ0) is 21.7. The van der Waals surface area contributed by atoms with Gasteiger partial charge in [-0.1, -0.05) is 29.8 Å². The number of hydrogen-bond donors (Lipinski definition) is 2. The third-order valence-corrected chi connectivity index (χ3v) is 5.45. The smallest absolute Gasteiger partial charge is 0.238 e. The van der Waals surface area contributed by atoms with Crippen LogP contribution in [0.1, 0.15) is 30.4 Å². The Morgan fingerprint density at radius 2 is 1.80 bits per heavy atom. The monoisotopic (exact) mass is 429 g/mol. The summed E-state index contributed by atoms with van der Waals surface area (Å²) in [6.07, 6.45) is 2.39.